The molecule has 10 heteroatoms. The van der Waals surface area contributed by atoms with Crippen LogP contribution in [-0.2, 0) is 21.4 Å². The summed E-state index contributed by atoms with van der Waals surface area (Å²) >= 11 is 0. The van der Waals surface area contributed by atoms with E-state index in [-0.39, 0.29) is 35.8 Å². The first-order chi connectivity index (χ1) is 11.3. The second-order valence-corrected chi connectivity index (χ2v) is 8.47. The lowest BCUT2D eigenvalue weighted by Crippen LogP contribution is -2.46. The van der Waals surface area contributed by atoms with E-state index in [9.17, 15) is 13.2 Å². The van der Waals surface area contributed by atoms with Crippen LogP contribution in [0.15, 0.2) is 17.6 Å². The number of carbonyl (C=O) groups excluding carboxylic acids is 1. The number of nitrogens with one attached hydrogen (secondary N) is 1. The Hall–Kier alpha value is -1.16. The summed E-state index contributed by atoms with van der Waals surface area (Å²) in [5.41, 5.74) is 5.38. The van der Waals surface area contributed by atoms with Gasteiger partial charge in [0, 0.05) is 38.9 Å². The topological polar surface area (TPSA) is 110 Å². The molecule has 25 heavy (non-hydrogen) atoms. The quantitative estimate of drug-likeness (QED) is 0.698. The van der Waals surface area contributed by atoms with Crippen LogP contribution >= 0.6 is 12.4 Å². The number of imidazole rings is 1. The van der Waals surface area contributed by atoms with Gasteiger partial charge in [0.15, 0.2) is 5.03 Å². The van der Waals surface area contributed by atoms with Crippen LogP contribution in [0.5, 0.6) is 0 Å². The van der Waals surface area contributed by atoms with Crippen molar-refractivity contribution in [2.75, 3.05) is 26.2 Å². The summed E-state index contributed by atoms with van der Waals surface area (Å²) in [4.78, 5) is 16.1. The molecule has 1 amide bonds. The summed E-state index contributed by atoms with van der Waals surface area (Å²) in [7, 11) is -3.67. The van der Waals surface area contributed by atoms with Gasteiger partial charge in [0.1, 0.15) is 0 Å². The first-order valence-corrected chi connectivity index (χ1v) is 9.78. The summed E-state index contributed by atoms with van der Waals surface area (Å²) in [6.45, 7) is 6.21. The van der Waals surface area contributed by atoms with E-state index in [4.69, 9.17) is 5.73 Å². The number of rotatable bonds is 7. The second kappa shape index (κ2) is 9.51. The summed E-state index contributed by atoms with van der Waals surface area (Å²) in [5, 5.41) is 2.78. The first-order valence-electron chi connectivity index (χ1n) is 8.34. The lowest BCUT2D eigenvalue weighted by atomic mass is 9.99. The Bertz CT molecular complexity index is 662. The van der Waals surface area contributed by atoms with Crippen molar-refractivity contribution >= 4 is 28.3 Å². The van der Waals surface area contributed by atoms with E-state index in [1.807, 2.05) is 0 Å². The van der Waals surface area contributed by atoms with Crippen molar-refractivity contribution in [3.63, 3.8) is 0 Å². The minimum absolute atomic E-state index is 0. The number of halogens is 1. The van der Waals surface area contributed by atoms with Gasteiger partial charge >= 0.3 is 0 Å². The molecule has 2 heterocycles. The van der Waals surface area contributed by atoms with E-state index in [0.29, 0.717) is 44.9 Å². The number of sulfonamides is 1. The van der Waals surface area contributed by atoms with E-state index in [1.54, 1.807) is 17.1 Å². The van der Waals surface area contributed by atoms with Gasteiger partial charge in [0.05, 0.1) is 12.2 Å². The molecule has 1 aromatic heterocycles. The number of hydrogen-bond donors (Lipinski definition) is 2. The summed E-state index contributed by atoms with van der Waals surface area (Å²) in [5.74, 6) is -0.0659. The molecule has 2 rings (SSSR count). The fraction of sp³-hybridized carbons (Fsp3) is 0.733. The Morgan fingerprint density at radius 3 is 2.84 bits per heavy atom. The molecule has 0 radical (unpaired) electrons. The van der Waals surface area contributed by atoms with Crippen LogP contribution in [0.3, 0.4) is 0 Å². The van der Waals surface area contributed by atoms with Gasteiger partial charge in [-0.25, -0.2) is 13.4 Å². The van der Waals surface area contributed by atoms with Gasteiger partial charge in [-0.2, -0.15) is 4.31 Å². The number of carbonyl (C=O) groups is 1. The van der Waals surface area contributed by atoms with Crippen molar-refractivity contribution in [1.29, 1.82) is 0 Å². The maximum atomic E-state index is 12.8. The average Bonchev–Trinajstić information content (AvgIpc) is 3.01. The molecule has 0 saturated carbocycles. The van der Waals surface area contributed by atoms with Crippen LogP contribution in [0.4, 0.5) is 0 Å². The van der Waals surface area contributed by atoms with Crippen LogP contribution in [0.25, 0.3) is 0 Å². The lowest BCUT2D eigenvalue weighted by molar-refractivity contribution is -0.126. The molecule has 1 aliphatic rings. The Morgan fingerprint density at radius 2 is 2.20 bits per heavy atom. The molecule has 0 aromatic carbocycles. The molecule has 0 spiro atoms. The van der Waals surface area contributed by atoms with Crippen LogP contribution < -0.4 is 11.1 Å². The average molecular weight is 394 g/mol. The maximum Gasteiger partial charge on any atom is 0.262 e. The van der Waals surface area contributed by atoms with E-state index in [0.717, 1.165) is 0 Å². The molecule has 1 atom stereocenters. The number of piperidine rings is 1. The predicted molar refractivity (Wildman–Crippen MR) is 97.9 cm³/mol. The van der Waals surface area contributed by atoms with Crippen molar-refractivity contribution in [3.8, 4) is 0 Å². The Kier molecular flexibility index (Phi) is 8.33. The van der Waals surface area contributed by atoms with Crippen molar-refractivity contribution in [2.45, 2.75) is 38.3 Å². The van der Waals surface area contributed by atoms with E-state index >= 15 is 0 Å². The molecule has 0 aliphatic carbocycles. The molecule has 1 saturated heterocycles. The Balaban J connectivity index is 0.00000312. The molecule has 144 valence electrons. The van der Waals surface area contributed by atoms with Gasteiger partial charge in [-0.05, 0) is 18.8 Å². The minimum atomic E-state index is -3.67. The van der Waals surface area contributed by atoms with Gasteiger partial charge in [0.25, 0.3) is 10.0 Å². The maximum absolute atomic E-state index is 12.8. The van der Waals surface area contributed by atoms with Crippen molar-refractivity contribution in [3.05, 3.63) is 12.5 Å². The van der Waals surface area contributed by atoms with Crippen LogP contribution in [-0.4, -0.2) is 54.4 Å². The lowest BCUT2D eigenvalue weighted by Gasteiger charge is -2.30. The van der Waals surface area contributed by atoms with Gasteiger partial charge < -0.3 is 15.6 Å². The molecule has 0 bridgehead atoms. The Labute approximate surface area is 155 Å². The molecular weight excluding hydrogens is 366 g/mol. The highest BCUT2D eigenvalue weighted by atomic mass is 35.5. The third-order valence-electron chi connectivity index (χ3n) is 3.99. The molecule has 1 aliphatic heterocycles. The molecule has 3 N–H and O–H groups in total. The normalized spacial score (nSPS) is 18.8. The molecular formula is C15H28ClN5O3S. The second-order valence-electron chi connectivity index (χ2n) is 6.58. The van der Waals surface area contributed by atoms with Gasteiger partial charge in [-0.15, -0.1) is 12.4 Å². The van der Waals surface area contributed by atoms with Crippen molar-refractivity contribution in [1.82, 2.24) is 19.2 Å². The zero-order valence-corrected chi connectivity index (χ0v) is 16.4. The van der Waals surface area contributed by atoms with E-state index < -0.39 is 10.0 Å². The fourth-order valence-corrected chi connectivity index (χ4v) is 4.30. The van der Waals surface area contributed by atoms with Crippen LogP contribution in [0.2, 0.25) is 0 Å². The summed E-state index contributed by atoms with van der Waals surface area (Å²) < 4.78 is 28.7. The van der Waals surface area contributed by atoms with Gasteiger partial charge in [-0.1, -0.05) is 13.8 Å². The first kappa shape index (κ1) is 21.9. The van der Waals surface area contributed by atoms with E-state index in [1.165, 1.54) is 4.31 Å². The van der Waals surface area contributed by atoms with E-state index in [2.05, 4.69) is 24.1 Å². The van der Waals surface area contributed by atoms with Crippen LogP contribution in [0.1, 0.15) is 26.7 Å². The SMILES string of the molecule is CC(C)Cn1cnc(S(=O)(=O)N2CCCC(C(=O)NCCN)C2)c1.Cl. The largest absolute Gasteiger partial charge is 0.355 e. The number of nitrogens with zero attached hydrogens (tertiary/aromatic N) is 3. The molecule has 1 aromatic rings. The number of amides is 1. The Morgan fingerprint density at radius 1 is 1.48 bits per heavy atom. The smallest absolute Gasteiger partial charge is 0.262 e. The standard InChI is InChI=1S/C15H27N5O3S.ClH/c1-12(2)8-19-10-14(18-11-19)24(22,23)20-7-3-4-13(9-20)15(21)17-6-5-16;/h10-13H,3-9,16H2,1-2H3,(H,17,21);1H. The highest BCUT2D eigenvalue weighted by Gasteiger charge is 2.34. The zero-order chi connectivity index (χ0) is 17.7. The molecule has 1 fully saturated rings. The monoisotopic (exact) mass is 393 g/mol. The van der Waals surface area contributed by atoms with Gasteiger partial charge in [0.2, 0.25) is 5.91 Å². The number of nitrogens with two attached hydrogens (primary N) is 1. The van der Waals surface area contributed by atoms with Crippen LogP contribution in [0, 0.1) is 11.8 Å². The fourth-order valence-electron chi connectivity index (χ4n) is 2.84. The predicted octanol–water partition coefficient (Wildman–Crippen LogP) is 0.437. The number of hydrogen-bond acceptors (Lipinski definition) is 5. The third-order valence-corrected chi connectivity index (χ3v) is 5.74. The number of aromatic nitrogens is 2. The van der Waals surface area contributed by atoms with Crippen molar-refractivity contribution < 1.29 is 13.2 Å². The summed E-state index contributed by atoms with van der Waals surface area (Å²) in [6.07, 6.45) is 4.45. The van der Waals surface area contributed by atoms with Gasteiger partial charge in [-0.3, -0.25) is 4.79 Å². The summed E-state index contributed by atoms with van der Waals surface area (Å²) in [6, 6.07) is 0. The molecule has 8 nitrogen and oxygen atoms in total. The third kappa shape index (κ3) is 5.67. The zero-order valence-electron chi connectivity index (χ0n) is 14.7. The van der Waals surface area contributed by atoms with Crippen molar-refractivity contribution in [2.24, 2.45) is 17.6 Å². The highest BCUT2D eigenvalue weighted by Crippen LogP contribution is 2.23. The molecule has 1 unspecified atom stereocenters. The highest BCUT2D eigenvalue weighted by molar-refractivity contribution is 7.89. The minimum Gasteiger partial charge on any atom is -0.355 e.